The molecule has 0 atom stereocenters. The summed E-state index contributed by atoms with van der Waals surface area (Å²) in [6.45, 7) is 13.3. The van der Waals surface area contributed by atoms with Crippen LogP contribution in [0.15, 0.2) is 59.7 Å². The highest BCUT2D eigenvalue weighted by Gasteiger charge is 2.10. The van der Waals surface area contributed by atoms with Crippen LogP contribution >= 0.6 is 0 Å². The van der Waals surface area contributed by atoms with Gasteiger partial charge in [0.15, 0.2) is 0 Å². The first kappa shape index (κ1) is 23.8. The van der Waals surface area contributed by atoms with Gasteiger partial charge in [0.2, 0.25) is 0 Å². The molecule has 34 heavy (non-hydrogen) atoms. The Morgan fingerprint density at radius 2 is 1.79 bits per heavy atom. The van der Waals surface area contributed by atoms with Crippen molar-refractivity contribution in [3.63, 3.8) is 0 Å². The predicted molar refractivity (Wildman–Crippen MR) is 145 cm³/mol. The Labute approximate surface area is 203 Å². The molecule has 7 nitrogen and oxygen atoms in total. The summed E-state index contributed by atoms with van der Waals surface area (Å²) in [7, 11) is 2.16. The van der Waals surface area contributed by atoms with Crippen LogP contribution < -0.4 is 10.2 Å². The monoisotopic (exact) mass is 459 g/mol. The van der Waals surface area contributed by atoms with Crippen LogP contribution in [0.5, 0.6) is 0 Å². The maximum Gasteiger partial charge on any atom is 0.0929 e. The molecule has 0 aliphatic carbocycles. The molecule has 1 N–H and O–H groups in total. The number of aromatic nitrogens is 2. The topological polar surface area (TPSA) is 51.9 Å². The second-order valence-corrected chi connectivity index (χ2v) is 8.67. The molecule has 3 aromatic rings. The zero-order valence-corrected chi connectivity index (χ0v) is 20.9. The lowest BCUT2D eigenvalue weighted by Crippen LogP contribution is -2.33. The van der Waals surface area contributed by atoms with Crippen LogP contribution in [0.1, 0.15) is 26.3 Å². The summed E-state index contributed by atoms with van der Waals surface area (Å²) in [6.07, 6.45) is 6.04. The minimum atomic E-state index is 0.715. The fourth-order valence-electron chi connectivity index (χ4n) is 4.23. The first-order chi connectivity index (χ1) is 16.6. The maximum atomic E-state index is 4.70. The molecule has 2 heterocycles. The van der Waals surface area contributed by atoms with Crippen LogP contribution in [0.2, 0.25) is 0 Å². The van der Waals surface area contributed by atoms with Crippen molar-refractivity contribution >= 4 is 34.3 Å². The molecule has 4 rings (SSSR count). The van der Waals surface area contributed by atoms with Gasteiger partial charge < -0.3 is 20.0 Å². The van der Waals surface area contributed by atoms with E-state index in [0.717, 1.165) is 61.6 Å². The van der Waals surface area contributed by atoms with E-state index in [-0.39, 0.29) is 0 Å². The number of aryl methyl sites for hydroxylation is 1. The van der Waals surface area contributed by atoms with Gasteiger partial charge in [0, 0.05) is 55.6 Å². The van der Waals surface area contributed by atoms with E-state index in [2.05, 4.69) is 101 Å². The van der Waals surface area contributed by atoms with Gasteiger partial charge in [-0.2, -0.15) is 5.10 Å². The van der Waals surface area contributed by atoms with Crippen molar-refractivity contribution in [2.75, 3.05) is 56.7 Å². The van der Waals surface area contributed by atoms with Crippen LogP contribution in [0.25, 0.3) is 16.6 Å². The van der Waals surface area contributed by atoms with Gasteiger partial charge in [-0.25, -0.2) is 4.99 Å². The van der Waals surface area contributed by atoms with E-state index in [1.165, 1.54) is 11.2 Å². The van der Waals surface area contributed by atoms with Gasteiger partial charge in [-0.1, -0.05) is 19.9 Å². The number of hydrogen-bond acceptors (Lipinski definition) is 6. The zero-order chi connectivity index (χ0) is 23.9. The minimum absolute atomic E-state index is 0.715. The van der Waals surface area contributed by atoms with Gasteiger partial charge in [-0.15, -0.1) is 0 Å². The normalized spacial score (nSPS) is 13.6. The number of aliphatic imine (C=N–C) groups is 1. The third-order valence-corrected chi connectivity index (χ3v) is 6.56. The van der Waals surface area contributed by atoms with E-state index < -0.39 is 0 Å². The van der Waals surface area contributed by atoms with E-state index in [1.54, 1.807) is 0 Å². The molecule has 2 aromatic carbocycles. The summed E-state index contributed by atoms with van der Waals surface area (Å²) in [4.78, 5) is 11.6. The fraction of sp³-hybridized carbons (Fsp3) is 0.407. The van der Waals surface area contributed by atoms with Crippen molar-refractivity contribution in [1.82, 2.24) is 19.6 Å². The lowest BCUT2D eigenvalue weighted by atomic mass is 10.1. The number of fused-ring (bicyclic) bond motifs is 1. The number of likely N-dealkylation sites (N-methyl/N-ethyl adjacent to an activating group) is 2. The van der Waals surface area contributed by atoms with Crippen LogP contribution in [0.3, 0.4) is 0 Å². The zero-order valence-electron chi connectivity index (χ0n) is 20.9. The van der Waals surface area contributed by atoms with Gasteiger partial charge >= 0.3 is 0 Å². The Balaban J connectivity index is 1.27. The molecule has 0 radical (unpaired) electrons. The third kappa shape index (κ3) is 5.59. The van der Waals surface area contributed by atoms with Crippen LogP contribution in [0.4, 0.5) is 11.4 Å². The molecule has 0 bridgehead atoms. The summed E-state index contributed by atoms with van der Waals surface area (Å²) >= 11 is 0. The van der Waals surface area contributed by atoms with Crippen molar-refractivity contribution in [1.29, 1.82) is 0 Å². The van der Waals surface area contributed by atoms with Crippen molar-refractivity contribution < 1.29 is 0 Å². The number of nitrogens with one attached hydrogen (secondary N) is 1. The van der Waals surface area contributed by atoms with Crippen molar-refractivity contribution in [2.24, 2.45) is 4.99 Å². The molecular weight excluding hydrogens is 422 g/mol. The molecule has 1 aromatic heterocycles. The van der Waals surface area contributed by atoms with Crippen LogP contribution in [0, 0.1) is 0 Å². The Hall–Kier alpha value is -3.32. The largest absolute Gasteiger partial charge is 0.373 e. The third-order valence-electron chi connectivity index (χ3n) is 6.56. The highest BCUT2D eigenvalue weighted by Crippen LogP contribution is 2.23. The average molecular weight is 460 g/mol. The average Bonchev–Trinajstić information content (AvgIpc) is 3.31. The molecule has 0 saturated carbocycles. The van der Waals surface area contributed by atoms with E-state index in [0.29, 0.717) is 6.67 Å². The van der Waals surface area contributed by atoms with Crippen LogP contribution in [-0.2, 0) is 6.54 Å². The summed E-state index contributed by atoms with van der Waals surface area (Å²) < 4.78 is 2.02. The lowest BCUT2D eigenvalue weighted by molar-refractivity contribution is 0.311. The smallest absolute Gasteiger partial charge is 0.0929 e. The SMILES string of the molecule is CCN(CC)CCN(C)c1ccc(NCN2C=NC(c3ccc4c(cnn4CC)c3)=CC2)cc1. The van der Waals surface area contributed by atoms with Gasteiger partial charge in [0.1, 0.15) is 0 Å². The number of hydrogen-bond donors (Lipinski definition) is 1. The number of benzene rings is 2. The van der Waals surface area contributed by atoms with Crippen LogP contribution in [-0.4, -0.2) is 72.4 Å². The summed E-state index contributed by atoms with van der Waals surface area (Å²) in [6, 6.07) is 15.1. The fourth-order valence-corrected chi connectivity index (χ4v) is 4.23. The quantitative estimate of drug-likeness (QED) is 0.455. The van der Waals surface area contributed by atoms with Gasteiger partial charge in [-0.05, 0) is 62.5 Å². The highest BCUT2D eigenvalue weighted by molar-refractivity contribution is 5.85. The Morgan fingerprint density at radius 1 is 1.00 bits per heavy atom. The molecule has 1 aliphatic heterocycles. The van der Waals surface area contributed by atoms with Gasteiger partial charge in [0.25, 0.3) is 0 Å². The Morgan fingerprint density at radius 3 is 2.47 bits per heavy atom. The van der Waals surface area contributed by atoms with E-state index in [9.17, 15) is 0 Å². The molecule has 0 spiro atoms. The predicted octanol–water partition coefficient (Wildman–Crippen LogP) is 4.59. The van der Waals surface area contributed by atoms with E-state index in [1.807, 2.05) is 17.2 Å². The summed E-state index contributed by atoms with van der Waals surface area (Å²) in [5.41, 5.74) is 5.67. The highest BCUT2D eigenvalue weighted by atomic mass is 15.3. The molecule has 0 unspecified atom stereocenters. The molecule has 0 fully saturated rings. The number of anilines is 2. The molecular formula is C27H37N7. The lowest BCUT2D eigenvalue weighted by Gasteiger charge is -2.25. The van der Waals surface area contributed by atoms with E-state index in [4.69, 9.17) is 4.99 Å². The summed E-state index contributed by atoms with van der Waals surface area (Å²) in [5.74, 6) is 0. The molecule has 180 valence electrons. The molecule has 0 amide bonds. The first-order valence-corrected chi connectivity index (χ1v) is 12.3. The second kappa shape index (κ2) is 11.2. The molecule has 0 saturated heterocycles. The molecule has 1 aliphatic rings. The maximum absolute atomic E-state index is 4.70. The summed E-state index contributed by atoms with van der Waals surface area (Å²) in [5, 5.41) is 9.10. The van der Waals surface area contributed by atoms with Gasteiger partial charge in [-0.3, -0.25) is 4.68 Å². The van der Waals surface area contributed by atoms with Crippen molar-refractivity contribution in [3.8, 4) is 0 Å². The Bertz CT molecular complexity index is 1130. The van der Waals surface area contributed by atoms with E-state index >= 15 is 0 Å². The van der Waals surface area contributed by atoms with Crippen molar-refractivity contribution in [3.05, 3.63) is 60.3 Å². The number of rotatable bonds is 11. The number of nitrogens with zero attached hydrogens (tertiary/aromatic N) is 6. The Kier molecular flexibility index (Phi) is 7.85. The second-order valence-electron chi connectivity index (χ2n) is 8.67. The first-order valence-electron chi connectivity index (χ1n) is 12.3. The molecule has 7 heteroatoms. The van der Waals surface area contributed by atoms with Gasteiger partial charge in [0.05, 0.1) is 30.4 Å². The van der Waals surface area contributed by atoms with Crippen molar-refractivity contribution in [2.45, 2.75) is 27.3 Å². The standard InChI is InChI=1S/C27H37N7/c1-5-32(6-2)17-16-31(4)25-11-9-24(10-12-25)28-20-33-15-14-26(29-21-33)22-8-13-27-23(18-22)19-30-34(27)7-3/h8-14,18-19,21,28H,5-7,15-17,20H2,1-4H3. The minimum Gasteiger partial charge on any atom is -0.373 e.